The number of anilines is 1. The summed E-state index contributed by atoms with van der Waals surface area (Å²) in [6.07, 6.45) is 6.02. The van der Waals surface area contributed by atoms with Crippen LogP contribution in [0.15, 0.2) is 53.5 Å². The predicted octanol–water partition coefficient (Wildman–Crippen LogP) is 3.59. The van der Waals surface area contributed by atoms with Crippen molar-refractivity contribution < 1.29 is 4.39 Å². The zero-order valence-electron chi connectivity index (χ0n) is 12.5. The fourth-order valence-corrected chi connectivity index (χ4v) is 2.44. The maximum atomic E-state index is 13.0. The minimum atomic E-state index is -0.380. The van der Waals surface area contributed by atoms with Crippen LogP contribution in [-0.4, -0.2) is 26.3 Å². The number of halogens is 2. The number of hydrogen-bond acceptors (Lipinski definition) is 4. The Morgan fingerprint density at radius 2 is 2.00 bits per heavy atom. The van der Waals surface area contributed by atoms with Crippen LogP contribution in [0.3, 0.4) is 0 Å². The first kappa shape index (κ1) is 15.6. The van der Waals surface area contributed by atoms with Gasteiger partial charge in [0.1, 0.15) is 5.82 Å². The van der Waals surface area contributed by atoms with Gasteiger partial charge in [-0.3, -0.25) is 0 Å². The summed E-state index contributed by atoms with van der Waals surface area (Å²) in [5.74, 6) is 1.12. The van der Waals surface area contributed by atoms with Crippen LogP contribution in [0.2, 0.25) is 0 Å². The molecule has 7 heteroatoms. The Kier molecular flexibility index (Phi) is 4.66. The molecule has 3 heterocycles. The van der Waals surface area contributed by atoms with Gasteiger partial charge in [0.2, 0.25) is 0 Å². The summed E-state index contributed by atoms with van der Waals surface area (Å²) in [5.41, 5.74) is 1.05. The third-order valence-corrected chi connectivity index (χ3v) is 3.85. The van der Waals surface area contributed by atoms with Crippen molar-refractivity contribution in [1.82, 2.24) is 19.7 Å². The van der Waals surface area contributed by atoms with Crippen molar-refractivity contribution in [3.05, 3.63) is 64.9 Å². The molecule has 0 aliphatic heterocycles. The van der Waals surface area contributed by atoms with Gasteiger partial charge in [0.15, 0.2) is 11.6 Å². The van der Waals surface area contributed by atoms with Crippen LogP contribution >= 0.6 is 15.9 Å². The second-order valence-corrected chi connectivity index (χ2v) is 5.89. The van der Waals surface area contributed by atoms with Gasteiger partial charge in [-0.15, -0.1) is 0 Å². The van der Waals surface area contributed by atoms with Gasteiger partial charge in [-0.1, -0.05) is 6.07 Å². The normalized spacial score (nSPS) is 10.7. The molecule has 0 fully saturated rings. The number of pyridine rings is 2. The molecule has 3 rings (SSSR count). The molecular weight excluding hydrogens is 361 g/mol. The summed E-state index contributed by atoms with van der Waals surface area (Å²) in [6.45, 7) is 3.62. The summed E-state index contributed by atoms with van der Waals surface area (Å²) < 4.78 is 15.4. The van der Waals surface area contributed by atoms with Gasteiger partial charge in [-0.2, -0.15) is 5.10 Å². The molecule has 0 N–H and O–H groups in total. The lowest BCUT2D eigenvalue weighted by Gasteiger charge is -2.21. The zero-order valence-corrected chi connectivity index (χ0v) is 14.1. The summed E-state index contributed by atoms with van der Waals surface area (Å²) in [6, 6.07) is 7.73. The Bertz CT molecular complexity index is 770. The third-order valence-electron chi connectivity index (χ3n) is 3.39. The van der Waals surface area contributed by atoms with E-state index in [-0.39, 0.29) is 5.82 Å². The molecule has 3 aromatic rings. The molecule has 118 valence electrons. The van der Waals surface area contributed by atoms with Gasteiger partial charge in [0, 0.05) is 30.0 Å². The maximum Gasteiger partial charge on any atom is 0.161 e. The molecule has 0 unspecified atom stereocenters. The van der Waals surface area contributed by atoms with Crippen molar-refractivity contribution >= 4 is 21.7 Å². The van der Waals surface area contributed by atoms with Crippen LogP contribution in [0.4, 0.5) is 10.2 Å². The third kappa shape index (κ3) is 3.73. The van der Waals surface area contributed by atoms with Crippen LogP contribution in [0.25, 0.3) is 5.82 Å². The van der Waals surface area contributed by atoms with Gasteiger partial charge in [0.05, 0.1) is 12.4 Å². The minimum Gasteiger partial charge on any atom is -0.353 e. The Balaban J connectivity index is 1.75. The highest BCUT2D eigenvalue weighted by atomic mass is 79.9. The van der Waals surface area contributed by atoms with Crippen molar-refractivity contribution in [3.8, 4) is 5.82 Å². The van der Waals surface area contributed by atoms with Gasteiger partial charge >= 0.3 is 0 Å². The van der Waals surface area contributed by atoms with E-state index in [1.165, 1.54) is 10.9 Å². The lowest BCUT2D eigenvalue weighted by Crippen LogP contribution is -2.23. The first-order valence-electron chi connectivity index (χ1n) is 7.17. The highest BCUT2D eigenvalue weighted by Crippen LogP contribution is 2.17. The van der Waals surface area contributed by atoms with E-state index in [9.17, 15) is 4.39 Å². The van der Waals surface area contributed by atoms with Crippen molar-refractivity contribution in [1.29, 1.82) is 0 Å². The molecule has 0 bridgehead atoms. The van der Waals surface area contributed by atoms with E-state index in [4.69, 9.17) is 0 Å². The summed E-state index contributed by atoms with van der Waals surface area (Å²) >= 11 is 3.39. The van der Waals surface area contributed by atoms with Crippen LogP contribution < -0.4 is 4.90 Å². The van der Waals surface area contributed by atoms with Gasteiger partial charge in [0.25, 0.3) is 0 Å². The van der Waals surface area contributed by atoms with E-state index in [2.05, 4.69) is 42.8 Å². The van der Waals surface area contributed by atoms with Crippen LogP contribution in [-0.2, 0) is 6.54 Å². The summed E-state index contributed by atoms with van der Waals surface area (Å²) in [4.78, 5) is 10.9. The standard InChI is InChI=1S/C16H15BrFN5/c1-2-22(15-6-4-13(17)8-20-15)10-12-3-5-16(19-7-12)23-11-14(18)9-21-23/h3-9,11H,2,10H2,1H3. The van der Waals surface area contributed by atoms with Crippen molar-refractivity contribution in [2.45, 2.75) is 13.5 Å². The van der Waals surface area contributed by atoms with Crippen molar-refractivity contribution in [2.75, 3.05) is 11.4 Å². The van der Waals surface area contributed by atoms with Gasteiger partial charge in [-0.25, -0.2) is 19.0 Å². The number of aromatic nitrogens is 4. The van der Waals surface area contributed by atoms with E-state index < -0.39 is 0 Å². The topological polar surface area (TPSA) is 46.8 Å². The first-order valence-corrected chi connectivity index (χ1v) is 7.97. The average Bonchev–Trinajstić information content (AvgIpc) is 3.01. The quantitative estimate of drug-likeness (QED) is 0.683. The van der Waals surface area contributed by atoms with E-state index in [0.29, 0.717) is 12.4 Å². The second kappa shape index (κ2) is 6.87. The molecule has 0 saturated heterocycles. The van der Waals surface area contributed by atoms with E-state index >= 15 is 0 Å². The average molecular weight is 376 g/mol. The summed E-state index contributed by atoms with van der Waals surface area (Å²) in [7, 11) is 0. The van der Waals surface area contributed by atoms with Crippen LogP contribution in [0, 0.1) is 5.82 Å². The summed E-state index contributed by atoms with van der Waals surface area (Å²) in [5, 5.41) is 3.90. The van der Waals surface area contributed by atoms with E-state index in [0.717, 1.165) is 28.6 Å². The largest absolute Gasteiger partial charge is 0.353 e. The number of hydrogen-bond donors (Lipinski definition) is 0. The first-order chi connectivity index (χ1) is 11.2. The van der Waals surface area contributed by atoms with Gasteiger partial charge in [-0.05, 0) is 46.6 Å². The Morgan fingerprint density at radius 3 is 2.57 bits per heavy atom. The highest BCUT2D eigenvalue weighted by molar-refractivity contribution is 9.10. The smallest absolute Gasteiger partial charge is 0.161 e. The monoisotopic (exact) mass is 375 g/mol. The molecule has 0 spiro atoms. The van der Waals surface area contributed by atoms with E-state index in [1.807, 2.05) is 24.3 Å². The van der Waals surface area contributed by atoms with E-state index in [1.54, 1.807) is 12.4 Å². The van der Waals surface area contributed by atoms with Gasteiger partial charge < -0.3 is 4.90 Å². The molecule has 3 aromatic heterocycles. The number of rotatable bonds is 5. The number of nitrogens with zero attached hydrogens (tertiary/aromatic N) is 5. The molecule has 0 aromatic carbocycles. The molecule has 0 saturated carbocycles. The Labute approximate surface area is 141 Å². The van der Waals surface area contributed by atoms with Crippen LogP contribution in [0.1, 0.15) is 12.5 Å². The molecule has 0 atom stereocenters. The molecule has 0 aliphatic carbocycles. The molecule has 23 heavy (non-hydrogen) atoms. The zero-order chi connectivity index (χ0) is 16.2. The SMILES string of the molecule is CCN(Cc1ccc(-n2cc(F)cn2)nc1)c1ccc(Br)cn1. The molecule has 5 nitrogen and oxygen atoms in total. The minimum absolute atomic E-state index is 0.380. The van der Waals surface area contributed by atoms with Crippen molar-refractivity contribution in [3.63, 3.8) is 0 Å². The predicted molar refractivity (Wildman–Crippen MR) is 90.0 cm³/mol. The molecular formula is C16H15BrFN5. The fourth-order valence-electron chi connectivity index (χ4n) is 2.20. The highest BCUT2D eigenvalue weighted by Gasteiger charge is 2.08. The molecule has 0 aliphatic rings. The lowest BCUT2D eigenvalue weighted by atomic mass is 10.2. The van der Waals surface area contributed by atoms with Crippen LogP contribution in [0.5, 0.6) is 0 Å². The second-order valence-electron chi connectivity index (χ2n) is 4.98. The Hall–Kier alpha value is -2.28. The fraction of sp³-hybridized carbons (Fsp3) is 0.188. The molecule has 0 radical (unpaired) electrons. The maximum absolute atomic E-state index is 13.0. The van der Waals surface area contributed by atoms with Crippen molar-refractivity contribution in [2.24, 2.45) is 0 Å². The lowest BCUT2D eigenvalue weighted by molar-refractivity contribution is 0.627. The molecule has 0 amide bonds. The Morgan fingerprint density at radius 1 is 1.13 bits per heavy atom.